The van der Waals surface area contributed by atoms with E-state index in [2.05, 4.69) is 9.72 Å². The van der Waals surface area contributed by atoms with Crippen molar-refractivity contribution < 1.29 is 23.0 Å². The first-order valence-corrected chi connectivity index (χ1v) is 4.45. The van der Waals surface area contributed by atoms with Gasteiger partial charge in [0.1, 0.15) is 5.75 Å². The van der Waals surface area contributed by atoms with E-state index in [1.54, 1.807) is 0 Å². The van der Waals surface area contributed by atoms with Crippen LogP contribution in [0.4, 0.5) is 8.78 Å². The van der Waals surface area contributed by atoms with Gasteiger partial charge in [0.25, 0.3) is 6.43 Å². The zero-order chi connectivity index (χ0) is 12.1. The van der Waals surface area contributed by atoms with Crippen molar-refractivity contribution in [1.82, 2.24) is 4.98 Å². The molecule has 0 atom stereocenters. The summed E-state index contributed by atoms with van der Waals surface area (Å²) in [5.74, 6) is -0.554. The summed E-state index contributed by atoms with van der Waals surface area (Å²) in [5.41, 5.74) is -0.0453. The van der Waals surface area contributed by atoms with Gasteiger partial charge in [0.15, 0.2) is 0 Å². The molecule has 0 radical (unpaired) electrons. The van der Waals surface area contributed by atoms with Crippen molar-refractivity contribution in [2.75, 3.05) is 14.2 Å². The number of alkyl halides is 2. The Hall–Kier alpha value is -1.72. The van der Waals surface area contributed by atoms with Crippen LogP contribution in [0.2, 0.25) is 0 Å². The van der Waals surface area contributed by atoms with Crippen LogP contribution >= 0.6 is 0 Å². The molecule has 0 aliphatic rings. The third kappa shape index (κ3) is 2.65. The van der Waals surface area contributed by atoms with Gasteiger partial charge >= 0.3 is 5.97 Å². The van der Waals surface area contributed by atoms with E-state index in [1.165, 1.54) is 20.4 Å². The molecule has 0 fully saturated rings. The maximum atomic E-state index is 12.6. The first-order valence-electron chi connectivity index (χ1n) is 4.45. The summed E-state index contributed by atoms with van der Waals surface area (Å²) in [7, 11) is 2.49. The highest BCUT2D eigenvalue weighted by Gasteiger charge is 2.19. The Bertz CT molecular complexity index is 382. The molecule has 0 saturated carbocycles. The lowest BCUT2D eigenvalue weighted by molar-refractivity contribution is -0.139. The maximum absolute atomic E-state index is 12.6. The van der Waals surface area contributed by atoms with E-state index in [0.717, 1.165) is 6.20 Å². The number of aromatic nitrogens is 1. The summed E-state index contributed by atoms with van der Waals surface area (Å²) in [5, 5.41) is 0. The fraction of sp³-hybridized carbons (Fsp3) is 0.400. The van der Waals surface area contributed by atoms with Crippen LogP contribution in [-0.2, 0) is 16.0 Å². The molecule has 6 heteroatoms. The smallest absolute Gasteiger partial charge is 0.310 e. The number of pyridine rings is 1. The summed E-state index contributed by atoms with van der Waals surface area (Å²) in [4.78, 5) is 14.7. The Morgan fingerprint density at radius 3 is 2.62 bits per heavy atom. The summed E-state index contributed by atoms with van der Waals surface area (Å²) >= 11 is 0. The number of esters is 1. The minimum atomic E-state index is -2.69. The lowest BCUT2D eigenvalue weighted by Gasteiger charge is -2.11. The van der Waals surface area contributed by atoms with Crippen molar-refractivity contribution in [3.05, 3.63) is 23.5 Å². The average molecular weight is 231 g/mol. The van der Waals surface area contributed by atoms with Gasteiger partial charge < -0.3 is 9.47 Å². The number of carbonyl (C=O) groups is 1. The summed E-state index contributed by atoms with van der Waals surface area (Å²) in [6, 6.07) is 0. The molecule has 0 bridgehead atoms. The van der Waals surface area contributed by atoms with E-state index in [1.807, 2.05) is 0 Å². The molecular weight excluding hydrogens is 220 g/mol. The first-order chi connectivity index (χ1) is 7.60. The van der Waals surface area contributed by atoms with Gasteiger partial charge in [-0.05, 0) is 0 Å². The topological polar surface area (TPSA) is 48.4 Å². The monoisotopic (exact) mass is 231 g/mol. The fourth-order valence-electron chi connectivity index (χ4n) is 1.27. The second kappa shape index (κ2) is 5.39. The molecule has 0 aliphatic heterocycles. The number of hydrogen-bond acceptors (Lipinski definition) is 4. The fourth-order valence-corrected chi connectivity index (χ4v) is 1.27. The van der Waals surface area contributed by atoms with Gasteiger partial charge in [-0.15, -0.1) is 0 Å². The molecule has 0 amide bonds. The highest BCUT2D eigenvalue weighted by atomic mass is 19.3. The Kier molecular flexibility index (Phi) is 4.16. The summed E-state index contributed by atoms with van der Waals surface area (Å²) < 4.78 is 34.5. The molecule has 1 aromatic rings. The minimum Gasteiger partial charge on any atom is -0.496 e. The van der Waals surface area contributed by atoms with Crippen LogP contribution in [0.1, 0.15) is 17.6 Å². The third-order valence-electron chi connectivity index (χ3n) is 2.00. The van der Waals surface area contributed by atoms with Crippen molar-refractivity contribution in [3.63, 3.8) is 0 Å². The van der Waals surface area contributed by atoms with E-state index in [9.17, 15) is 13.6 Å². The van der Waals surface area contributed by atoms with Crippen LogP contribution in [0.15, 0.2) is 12.4 Å². The minimum absolute atomic E-state index is 0.0181. The van der Waals surface area contributed by atoms with Crippen LogP contribution in [0.25, 0.3) is 0 Å². The molecule has 88 valence electrons. The highest BCUT2D eigenvalue weighted by molar-refractivity contribution is 5.73. The summed E-state index contributed by atoms with van der Waals surface area (Å²) in [6.45, 7) is 0. The average Bonchev–Trinajstić information content (AvgIpc) is 2.28. The van der Waals surface area contributed by atoms with Crippen LogP contribution in [0, 0.1) is 0 Å². The summed E-state index contributed by atoms with van der Waals surface area (Å²) in [6.07, 6.45) is -0.515. The van der Waals surface area contributed by atoms with E-state index in [-0.39, 0.29) is 23.3 Å². The van der Waals surface area contributed by atoms with Gasteiger partial charge in [-0.1, -0.05) is 0 Å². The molecule has 0 spiro atoms. The van der Waals surface area contributed by atoms with Gasteiger partial charge in [0.05, 0.1) is 26.2 Å². The lowest BCUT2D eigenvalue weighted by Crippen LogP contribution is -2.08. The molecule has 4 nitrogen and oxygen atoms in total. The molecule has 0 aliphatic carbocycles. The van der Waals surface area contributed by atoms with Gasteiger partial charge in [-0.2, -0.15) is 0 Å². The number of carbonyl (C=O) groups excluding carboxylic acids is 1. The highest BCUT2D eigenvalue weighted by Crippen LogP contribution is 2.31. The number of rotatable bonds is 4. The maximum Gasteiger partial charge on any atom is 0.310 e. The van der Waals surface area contributed by atoms with Gasteiger partial charge in [-0.25, -0.2) is 8.78 Å². The third-order valence-corrected chi connectivity index (χ3v) is 2.00. The quantitative estimate of drug-likeness (QED) is 0.740. The molecule has 1 aromatic heterocycles. The molecule has 0 unspecified atom stereocenters. The number of methoxy groups -OCH3 is 2. The molecule has 16 heavy (non-hydrogen) atoms. The lowest BCUT2D eigenvalue weighted by atomic mass is 10.1. The number of hydrogen-bond donors (Lipinski definition) is 0. The largest absolute Gasteiger partial charge is 0.496 e. The van der Waals surface area contributed by atoms with E-state index >= 15 is 0 Å². The van der Waals surface area contributed by atoms with E-state index < -0.39 is 12.4 Å². The predicted molar refractivity (Wildman–Crippen MR) is 51.5 cm³/mol. The van der Waals surface area contributed by atoms with Gasteiger partial charge in [0, 0.05) is 18.0 Å². The Morgan fingerprint density at radius 2 is 2.12 bits per heavy atom. The molecule has 0 saturated heterocycles. The molecule has 1 heterocycles. The molecule has 1 rings (SSSR count). The van der Waals surface area contributed by atoms with Crippen LogP contribution in [0.3, 0.4) is 0 Å². The number of ether oxygens (including phenoxy) is 2. The zero-order valence-corrected chi connectivity index (χ0v) is 8.87. The zero-order valence-electron chi connectivity index (χ0n) is 8.87. The van der Waals surface area contributed by atoms with Crippen molar-refractivity contribution in [2.24, 2.45) is 0 Å². The van der Waals surface area contributed by atoms with Crippen molar-refractivity contribution in [2.45, 2.75) is 12.8 Å². The standard InChI is InChI=1S/C10H11F2NO3/c1-15-8(14)3-6-4-13-5-7(10(11)12)9(6)16-2/h4-5,10H,3H2,1-2H3. The second-order valence-electron chi connectivity index (χ2n) is 2.97. The van der Waals surface area contributed by atoms with Gasteiger partial charge in [0.2, 0.25) is 0 Å². The SMILES string of the molecule is COC(=O)Cc1cncc(C(F)F)c1OC. The van der Waals surface area contributed by atoms with Crippen molar-refractivity contribution in [1.29, 1.82) is 0 Å². The Labute approximate surface area is 91.2 Å². The van der Waals surface area contributed by atoms with Crippen LogP contribution in [-0.4, -0.2) is 25.2 Å². The number of nitrogens with zero attached hydrogens (tertiary/aromatic N) is 1. The normalized spacial score (nSPS) is 10.3. The predicted octanol–water partition coefficient (Wildman–Crippen LogP) is 1.74. The first kappa shape index (κ1) is 12.4. The van der Waals surface area contributed by atoms with Crippen molar-refractivity contribution in [3.8, 4) is 5.75 Å². The Morgan fingerprint density at radius 1 is 1.44 bits per heavy atom. The van der Waals surface area contributed by atoms with E-state index in [4.69, 9.17) is 4.74 Å². The van der Waals surface area contributed by atoms with Crippen LogP contribution in [0.5, 0.6) is 5.75 Å². The van der Waals surface area contributed by atoms with Gasteiger partial charge in [-0.3, -0.25) is 9.78 Å². The second-order valence-corrected chi connectivity index (χ2v) is 2.97. The molecule has 0 aromatic carbocycles. The van der Waals surface area contributed by atoms with Crippen molar-refractivity contribution >= 4 is 5.97 Å². The van der Waals surface area contributed by atoms with E-state index in [0.29, 0.717) is 0 Å². The number of halogens is 2. The molecule has 0 N–H and O–H groups in total. The Balaban J connectivity index is 3.08. The molecular formula is C10H11F2NO3. The van der Waals surface area contributed by atoms with Crippen LogP contribution < -0.4 is 4.74 Å².